The Balaban J connectivity index is 1.77. The minimum absolute atomic E-state index is 0.173. The minimum Gasteiger partial charge on any atom is -0.379 e. The van der Waals surface area contributed by atoms with E-state index in [0.29, 0.717) is 25.6 Å². The van der Waals surface area contributed by atoms with Crippen molar-refractivity contribution in [2.75, 3.05) is 18.5 Å². The number of rotatable bonds is 4. The van der Waals surface area contributed by atoms with Crippen LogP contribution in [-0.2, 0) is 11.3 Å². The Hall–Kier alpha value is -2.34. The lowest BCUT2D eigenvalue weighted by molar-refractivity contribution is 0.0564. The Bertz CT molecular complexity index is 699. The summed E-state index contributed by atoms with van der Waals surface area (Å²) in [5, 5.41) is 3.07. The number of hydrogen-bond donors (Lipinski definition) is 2. The highest BCUT2D eigenvalue weighted by Gasteiger charge is 2.19. The summed E-state index contributed by atoms with van der Waals surface area (Å²) in [6.07, 6.45) is 1.66. The normalized spacial score (nSPS) is 18.1. The second-order valence-corrected chi connectivity index (χ2v) is 5.41. The number of benzene rings is 1. The monoisotopic (exact) mass is 301 g/mol. The van der Waals surface area contributed by atoms with Crippen molar-refractivity contribution in [3.05, 3.63) is 62.8 Å². The molecule has 1 fully saturated rings. The van der Waals surface area contributed by atoms with Crippen LogP contribution in [0.1, 0.15) is 24.4 Å². The molecule has 1 unspecified atom stereocenters. The molecule has 0 spiro atoms. The second kappa shape index (κ2) is 6.62. The molecule has 3 rings (SSSR count). The van der Waals surface area contributed by atoms with Crippen LogP contribution in [0.15, 0.2) is 46.0 Å². The first-order valence-electron chi connectivity index (χ1n) is 7.45. The number of ether oxygens (including phenoxy) is 1. The molecule has 0 saturated carbocycles. The number of nitrogens with one attached hydrogen (secondary N) is 2. The zero-order valence-corrected chi connectivity index (χ0v) is 12.2. The molecule has 0 aliphatic carbocycles. The first-order chi connectivity index (χ1) is 10.7. The highest BCUT2D eigenvalue weighted by molar-refractivity contribution is 5.33. The highest BCUT2D eigenvalue weighted by Crippen LogP contribution is 2.16. The third kappa shape index (κ3) is 3.28. The number of hydrogen-bond acceptors (Lipinski definition) is 4. The molecule has 22 heavy (non-hydrogen) atoms. The van der Waals surface area contributed by atoms with E-state index in [0.717, 1.165) is 18.4 Å². The van der Waals surface area contributed by atoms with Gasteiger partial charge in [0.1, 0.15) is 5.82 Å². The van der Waals surface area contributed by atoms with Gasteiger partial charge in [-0.05, 0) is 18.4 Å². The van der Waals surface area contributed by atoms with Gasteiger partial charge < -0.3 is 10.1 Å². The molecular weight excluding hydrogens is 282 g/mol. The fourth-order valence-corrected chi connectivity index (χ4v) is 2.67. The molecule has 0 bridgehead atoms. The number of H-pyrrole nitrogens is 1. The molecule has 2 N–H and O–H groups in total. The van der Waals surface area contributed by atoms with Crippen LogP contribution in [-0.4, -0.2) is 22.8 Å². The van der Waals surface area contributed by atoms with Gasteiger partial charge in [-0.15, -0.1) is 0 Å². The molecule has 1 atom stereocenters. The quantitative estimate of drug-likeness (QED) is 0.897. The van der Waals surface area contributed by atoms with Gasteiger partial charge in [-0.1, -0.05) is 30.3 Å². The third-order valence-electron chi connectivity index (χ3n) is 3.79. The van der Waals surface area contributed by atoms with Gasteiger partial charge in [-0.3, -0.25) is 14.3 Å². The van der Waals surface area contributed by atoms with E-state index in [1.807, 2.05) is 30.3 Å². The molecule has 2 heterocycles. The standard InChI is InChI=1S/C16H19N3O3/c20-15-9-14(17-10-12-5-2-1-3-6-12)18-16(21)19(15)13-7-4-8-22-11-13/h1-3,5-6,9,13,17H,4,7-8,10-11H2,(H,18,21). The van der Waals surface area contributed by atoms with Gasteiger partial charge >= 0.3 is 5.69 Å². The Labute approximate surface area is 127 Å². The molecule has 6 heteroatoms. The highest BCUT2D eigenvalue weighted by atomic mass is 16.5. The lowest BCUT2D eigenvalue weighted by Crippen LogP contribution is -2.40. The molecule has 116 valence electrons. The van der Waals surface area contributed by atoms with E-state index in [1.54, 1.807) is 0 Å². The van der Waals surface area contributed by atoms with Crippen LogP contribution in [0, 0.1) is 0 Å². The number of aromatic amines is 1. The van der Waals surface area contributed by atoms with Crippen LogP contribution >= 0.6 is 0 Å². The zero-order valence-electron chi connectivity index (χ0n) is 12.2. The number of aromatic nitrogens is 2. The molecule has 6 nitrogen and oxygen atoms in total. The van der Waals surface area contributed by atoms with E-state index in [1.165, 1.54) is 10.6 Å². The van der Waals surface area contributed by atoms with E-state index >= 15 is 0 Å². The third-order valence-corrected chi connectivity index (χ3v) is 3.79. The summed E-state index contributed by atoms with van der Waals surface area (Å²) in [6.45, 7) is 1.66. The van der Waals surface area contributed by atoms with Gasteiger partial charge in [-0.2, -0.15) is 0 Å². The molecule has 1 aromatic heterocycles. The van der Waals surface area contributed by atoms with Crippen molar-refractivity contribution in [3.8, 4) is 0 Å². The van der Waals surface area contributed by atoms with Crippen LogP contribution in [0.3, 0.4) is 0 Å². The van der Waals surface area contributed by atoms with Crippen molar-refractivity contribution >= 4 is 5.82 Å². The molecule has 2 aromatic rings. The first-order valence-corrected chi connectivity index (χ1v) is 7.45. The van der Waals surface area contributed by atoms with E-state index < -0.39 is 5.69 Å². The number of anilines is 1. The van der Waals surface area contributed by atoms with Crippen LogP contribution in [0.2, 0.25) is 0 Å². The largest absolute Gasteiger partial charge is 0.379 e. The van der Waals surface area contributed by atoms with Crippen LogP contribution in [0.4, 0.5) is 5.82 Å². The average molecular weight is 301 g/mol. The van der Waals surface area contributed by atoms with E-state index in [9.17, 15) is 9.59 Å². The van der Waals surface area contributed by atoms with Crippen molar-refractivity contribution in [2.45, 2.75) is 25.4 Å². The lowest BCUT2D eigenvalue weighted by Gasteiger charge is -2.23. The molecule has 1 aliphatic rings. The van der Waals surface area contributed by atoms with Crippen molar-refractivity contribution in [2.24, 2.45) is 0 Å². The maximum atomic E-state index is 12.2. The van der Waals surface area contributed by atoms with Gasteiger partial charge in [0, 0.05) is 19.2 Å². The summed E-state index contributed by atoms with van der Waals surface area (Å²) in [4.78, 5) is 27.1. The topological polar surface area (TPSA) is 76.1 Å². The van der Waals surface area contributed by atoms with Crippen molar-refractivity contribution in [1.29, 1.82) is 0 Å². The predicted molar refractivity (Wildman–Crippen MR) is 84.2 cm³/mol. The summed E-state index contributed by atoms with van der Waals surface area (Å²) in [5.74, 6) is 0.437. The van der Waals surface area contributed by atoms with E-state index in [4.69, 9.17) is 4.74 Å². The first kappa shape index (κ1) is 14.6. The van der Waals surface area contributed by atoms with Crippen molar-refractivity contribution in [3.63, 3.8) is 0 Å². The maximum absolute atomic E-state index is 12.2. The van der Waals surface area contributed by atoms with Crippen molar-refractivity contribution in [1.82, 2.24) is 9.55 Å². The fraction of sp³-hybridized carbons (Fsp3) is 0.375. The molecule has 1 saturated heterocycles. The van der Waals surface area contributed by atoms with Crippen LogP contribution in [0.25, 0.3) is 0 Å². The maximum Gasteiger partial charge on any atom is 0.330 e. The summed E-state index contributed by atoms with van der Waals surface area (Å²) in [5.41, 5.74) is 0.390. The predicted octanol–water partition coefficient (Wildman–Crippen LogP) is 1.50. The van der Waals surface area contributed by atoms with Crippen molar-refractivity contribution < 1.29 is 4.74 Å². The summed E-state index contributed by atoms with van der Waals surface area (Å²) in [7, 11) is 0. The van der Waals surface area contributed by atoms with Gasteiger partial charge in [0.25, 0.3) is 5.56 Å². The summed E-state index contributed by atoms with van der Waals surface area (Å²) in [6, 6.07) is 11.0. The Kier molecular flexibility index (Phi) is 4.39. The molecule has 0 radical (unpaired) electrons. The van der Waals surface area contributed by atoms with E-state index in [-0.39, 0.29) is 11.6 Å². The molecule has 1 aliphatic heterocycles. The Morgan fingerprint density at radius 3 is 2.77 bits per heavy atom. The van der Waals surface area contributed by atoms with Crippen LogP contribution in [0.5, 0.6) is 0 Å². The van der Waals surface area contributed by atoms with Gasteiger partial charge in [-0.25, -0.2) is 4.79 Å². The Morgan fingerprint density at radius 2 is 2.09 bits per heavy atom. The Morgan fingerprint density at radius 1 is 1.27 bits per heavy atom. The fourth-order valence-electron chi connectivity index (χ4n) is 2.67. The molecular formula is C16H19N3O3. The smallest absolute Gasteiger partial charge is 0.330 e. The average Bonchev–Trinajstić information content (AvgIpc) is 2.54. The summed E-state index contributed by atoms with van der Waals surface area (Å²) >= 11 is 0. The second-order valence-electron chi connectivity index (χ2n) is 5.41. The van der Waals surface area contributed by atoms with Crippen LogP contribution < -0.4 is 16.6 Å². The zero-order chi connectivity index (χ0) is 15.4. The minimum atomic E-state index is -0.390. The van der Waals surface area contributed by atoms with Gasteiger partial charge in [0.05, 0.1) is 12.6 Å². The SMILES string of the molecule is O=c1cc(NCc2ccccc2)[nH]c(=O)n1C1CCCOC1. The lowest BCUT2D eigenvalue weighted by atomic mass is 10.1. The number of nitrogens with zero attached hydrogens (tertiary/aromatic N) is 1. The molecule has 0 amide bonds. The van der Waals surface area contributed by atoms with Gasteiger partial charge in [0.2, 0.25) is 0 Å². The van der Waals surface area contributed by atoms with E-state index in [2.05, 4.69) is 10.3 Å². The summed E-state index contributed by atoms with van der Waals surface area (Å²) < 4.78 is 6.61. The van der Waals surface area contributed by atoms with Gasteiger partial charge in [0.15, 0.2) is 0 Å². The molecule has 1 aromatic carbocycles.